The smallest absolute Gasteiger partial charge is 0.291 e. The number of hydrogen-bond donors (Lipinski definition) is 1. The Bertz CT molecular complexity index is 687. The fourth-order valence-electron chi connectivity index (χ4n) is 3.04. The summed E-state index contributed by atoms with van der Waals surface area (Å²) in [5.74, 6) is 1.57. The third-order valence-corrected chi connectivity index (χ3v) is 4.06. The second-order valence-electron chi connectivity index (χ2n) is 5.42. The number of hydrogen-bond acceptors (Lipinski definition) is 4. The second-order valence-corrected chi connectivity index (χ2v) is 5.42. The molecule has 1 aliphatic carbocycles. The number of rotatable bonds is 5. The number of H-pyrrole nitrogens is 1. The molecule has 0 radical (unpaired) electrons. The summed E-state index contributed by atoms with van der Waals surface area (Å²) in [6.45, 7) is 1.24. The molecule has 0 aromatic carbocycles. The van der Waals surface area contributed by atoms with E-state index in [1.807, 2.05) is 12.1 Å². The normalized spacial score (nSPS) is 13.5. The first-order valence-corrected chi connectivity index (χ1v) is 7.63. The molecule has 0 spiro atoms. The Balaban J connectivity index is 2.10. The molecule has 1 aliphatic rings. The van der Waals surface area contributed by atoms with Gasteiger partial charge in [-0.05, 0) is 43.4 Å². The van der Waals surface area contributed by atoms with Crippen molar-refractivity contribution in [1.29, 1.82) is 5.26 Å². The number of aromatic nitrogens is 1. The predicted molar refractivity (Wildman–Crippen MR) is 82.4 cm³/mol. The van der Waals surface area contributed by atoms with E-state index in [2.05, 4.69) is 16.4 Å². The minimum absolute atomic E-state index is 0.589. The second kappa shape index (κ2) is 6.63. The van der Waals surface area contributed by atoms with Gasteiger partial charge in [0.15, 0.2) is 11.5 Å². The van der Waals surface area contributed by atoms with Crippen LogP contribution in [0.25, 0.3) is 11.5 Å². The van der Waals surface area contributed by atoms with Crippen molar-refractivity contribution in [3.8, 4) is 17.5 Å². The van der Waals surface area contributed by atoms with Crippen LogP contribution < -0.4 is 10.3 Å². The van der Waals surface area contributed by atoms with Crippen LogP contribution in [0.15, 0.2) is 22.8 Å². The zero-order chi connectivity index (χ0) is 15.4. The third kappa shape index (κ3) is 2.70. The van der Waals surface area contributed by atoms with Crippen LogP contribution in [0.3, 0.4) is 0 Å². The summed E-state index contributed by atoms with van der Waals surface area (Å²) >= 11 is 0. The van der Waals surface area contributed by atoms with Crippen LogP contribution in [0, 0.1) is 11.3 Å². The number of anilines is 1. The molecule has 0 saturated carbocycles. The quantitative estimate of drug-likeness (QED) is 0.861. The van der Waals surface area contributed by atoms with Gasteiger partial charge in [-0.25, -0.2) is 4.98 Å². The molecule has 0 atom stereocenters. The van der Waals surface area contributed by atoms with Crippen molar-refractivity contribution < 1.29 is 14.1 Å². The van der Waals surface area contributed by atoms with E-state index in [9.17, 15) is 5.26 Å². The van der Waals surface area contributed by atoms with E-state index in [-0.39, 0.29) is 0 Å². The van der Waals surface area contributed by atoms with Gasteiger partial charge in [-0.3, -0.25) is 5.32 Å². The molecule has 5 heteroatoms. The molecule has 2 heterocycles. The Morgan fingerprint density at radius 3 is 2.86 bits per heavy atom. The van der Waals surface area contributed by atoms with Gasteiger partial charge in [-0.1, -0.05) is 0 Å². The molecule has 0 bridgehead atoms. The van der Waals surface area contributed by atoms with Crippen molar-refractivity contribution in [3.63, 3.8) is 0 Å². The molecule has 2 aromatic heterocycles. The van der Waals surface area contributed by atoms with Gasteiger partial charge in [0.1, 0.15) is 18.2 Å². The molecule has 2 aromatic rings. The summed E-state index contributed by atoms with van der Waals surface area (Å²) in [7, 11) is 1.66. The summed E-state index contributed by atoms with van der Waals surface area (Å²) in [6, 6.07) is 6.19. The molecule has 0 saturated heterocycles. The number of ether oxygens (including phenoxy) is 1. The molecule has 5 nitrogen and oxygen atoms in total. The average molecular weight is 298 g/mol. The van der Waals surface area contributed by atoms with Gasteiger partial charge in [-0.15, -0.1) is 0 Å². The molecule has 2 N–H and O–H groups in total. The van der Waals surface area contributed by atoms with Crippen LogP contribution in [-0.2, 0) is 17.6 Å². The fraction of sp³-hybridized carbons (Fsp3) is 0.412. The van der Waals surface area contributed by atoms with Crippen molar-refractivity contribution >= 4 is 5.82 Å². The average Bonchev–Trinajstić information content (AvgIpc) is 3.08. The number of nitriles is 1. The van der Waals surface area contributed by atoms with Crippen molar-refractivity contribution in [2.24, 2.45) is 0 Å². The van der Waals surface area contributed by atoms with Crippen LogP contribution in [-0.4, -0.2) is 20.3 Å². The molecule has 0 aliphatic heterocycles. The number of nitrogens with one attached hydrogen (secondary N) is 2. The van der Waals surface area contributed by atoms with E-state index in [4.69, 9.17) is 9.15 Å². The summed E-state index contributed by atoms with van der Waals surface area (Å²) < 4.78 is 10.6. The maximum Gasteiger partial charge on any atom is 0.291 e. The minimum Gasteiger partial charge on any atom is -0.461 e. The molecular weight excluding hydrogens is 278 g/mol. The first-order chi connectivity index (χ1) is 10.8. The first-order valence-electron chi connectivity index (χ1n) is 7.63. The van der Waals surface area contributed by atoms with Gasteiger partial charge in [0, 0.05) is 12.7 Å². The van der Waals surface area contributed by atoms with Crippen LogP contribution in [0.5, 0.6) is 0 Å². The van der Waals surface area contributed by atoms with Crippen LogP contribution in [0.1, 0.15) is 29.5 Å². The molecule has 0 amide bonds. The van der Waals surface area contributed by atoms with E-state index in [0.29, 0.717) is 13.2 Å². The summed E-state index contributed by atoms with van der Waals surface area (Å²) in [5.41, 5.74) is 4.08. The standard InChI is InChI=1S/C17H19N3O2/c1-21-10-8-19-17-14(11-18)12-5-2-3-6-13(12)16(20-17)15-7-4-9-22-15/h4,7,9H,2-3,5-6,8,10H2,1H3,(H,19,20)/p+1. The van der Waals surface area contributed by atoms with Crippen molar-refractivity contribution in [2.45, 2.75) is 25.7 Å². The SMILES string of the molecule is COCCNc1[nH+]c(-c2ccco2)c2c(c1C#N)CCCC2. The Kier molecular flexibility index (Phi) is 4.40. The summed E-state index contributed by atoms with van der Waals surface area (Å²) in [5, 5.41) is 12.9. The van der Waals surface area contributed by atoms with Crippen LogP contribution in [0.2, 0.25) is 0 Å². The number of aromatic amines is 1. The number of nitrogens with zero attached hydrogens (tertiary/aromatic N) is 1. The topological polar surface area (TPSA) is 72.3 Å². The maximum absolute atomic E-state index is 9.59. The molecular formula is C17H20N3O2+. The lowest BCUT2D eigenvalue weighted by Gasteiger charge is -2.19. The van der Waals surface area contributed by atoms with Gasteiger partial charge < -0.3 is 9.15 Å². The number of fused-ring (bicyclic) bond motifs is 1. The lowest BCUT2D eigenvalue weighted by molar-refractivity contribution is -0.349. The van der Waals surface area contributed by atoms with Gasteiger partial charge in [0.2, 0.25) is 0 Å². The number of furan rings is 1. The van der Waals surface area contributed by atoms with E-state index in [1.54, 1.807) is 13.4 Å². The number of methoxy groups -OCH3 is 1. The Morgan fingerprint density at radius 2 is 2.18 bits per heavy atom. The lowest BCUT2D eigenvalue weighted by Crippen LogP contribution is -2.25. The van der Waals surface area contributed by atoms with Gasteiger partial charge in [0.05, 0.1) is 12.9 Å². The van der Waals surface area contributed by atoms with Crippen LogP contribution >= 0.6 is 0 Å². The summed E-state index contributed by atoms with van der Waals surface area (Å²) in [4.78, 5) is 3.37. The molecule has 3 rings (SSSR count). The third-order valence-electron chi connectivity index (χ3n) is 4.06. The van der Waals surface area contributed by atoms with E-state index >= 15 is 0 Å². The predicted octanol–water partition coefficient (Wildman–Crippen LogP) is 2.57. The van der Waals surface area contributed by atoms with E-state index in [0.717, 1.165) is 54.1 Å². The highest BCUT2D eigenvalue weighted by Crippen LogP contribution is 2.33. The van der Waals surface area contributed by atoms with Gasteiger partial charge in [-0.2, -0.15) is 5.26 Å². The highest BCUT2D eigenvalue weighted by Gasteiger charge is 2.27. The van der Waals surface area contributed by atoms with E-state index < -0.39 is 0 Å². The largest absolute Gasteiger partial charge is 0.461 e. The van der Waals surface area contributed by atoms with Crippen molar-refractivity contribution in [2.75, 3.05) is 25.6 Å². The van der Waals surface area contributed by atoms with Gasteiger partial charge >= 0.3 is 0 Å². The fourth-order valence-corrected chi connectivity index (χ4v) is 3.04. The highest BCUT2D eigenvalue weighted by molar-refractivity contribution is 5.64. The van der Waals surface area contributed by atoms with Gasteiger partial charge in [0.25, 0.3) is 5.82 Å². The zero-order valence-electron chi connectivity index (χ0n) is 12.7. The first kappa shape index (κ1) is 14.6. The minimum atomic E-state index is 0.589. The summed E-state index contributed by atoms with van der Waals surface area (Å²) in [6.07, 6.45) is 5.87. The lowest BCUT2D eigenvalue weighted by atomic mass is 9.87. The Morgan fingerprint density at radius 1 is 1.36 bits per heavy atom. The Hall–Kier alpha value is -2.32. The number of pyridine rings is 1. The van der Waals surface area contributed by atoms with Crippen molar-refractivity contribution in [1.82, 2.24) is 0 Å². The Labute approximate surface area is 129 Å². The van der Waals surface area contributed by atoms with Crippen molar-refractivity contribution in [3.05, 3.63) is 35.1 Å². The zero-order valence-corrected chi connectivity index (χ0v) is 12.7. The molecule has 114 valence electrons. The molecule has 0 unspecified atom stereocenters. The van der Waals surface area contributed by atoms with Crippen LogP contribution in [0.4, 0.5) is 5.82 Å². The highest BCUT2D eigenvalue weighted by atomic mass is 16.5. The van der Waals surface area contributed by atoms with E-state index in [1.165, 1.54) is 5.56 Å². The maximum atomic E-state index is 9.59. The molecule has 0 fully saturated rings. The molecule has 22 heavy (non-hydrogen) atoms. The monoisotopic (exact) mass is 298 g/mol.